The highest BCUT2D eigenvalue weighted by molar-refractivity contribution is 7.17. The molecule has 0 spiro atoms. The minimum absolute atomic E-state index is 0.281. The highest BCUT2D eigenvalue weighted by Crippen LogP contribution is 2.18. The van der Waals surface area contributed by atoms with Gasteiger partial charge in [-0.3, -0.25) is 14.2 Å². The molecule has 4 aromatic rings. The van der Waals surface area contributed by atoms with Crippen molar-refractivity contribution < 1.29 is 9.18 Å². The zero-order valence-electron chi connectivity index (χ0n) is 15.7. The first-order chi connectivity index (χ1) is 14.3. The Morgan fingerprint density at radius 3 is 2.57 bits per heavy atom. The van der Waals surface area contributed by atoms with Gasteiger partial charge in [0.1, 0.15) is 17.1 Å². The Hall–Kier alpha value is -3.23. The van der Waals surface area contributed by atoms with E-state index in [4.69, 9.17) is 11.6 Å². The molecule has 0 saturated carbocycles. The Balaban J connectivity index is 1.76. The molecular weight excluding hydrogens is 429 g/mol. The Bertz CT molecular complexity index is 1390. The maximum atomic E-state index is 13.7. The Morgan fingerprint density at radius 2 is 1.87 bits per heavy atom. The van der Waals surface area contributed by atoms with Gasteiger partial charge in [0.25, 0.3) is 5.56 Å². The first kappa shape index (κ1) is 20.1. The van der Waals surface area contributed by atoms with Crippen LogP contribution in [0.4, 0.5) is 10.1 Å². The molecule has 30 heavy (non-hydrogen) atoms. The molecule has 2 aromatic heterocycles. The summed E-state index contributed by atoms with van der Waals surface area (Å²) >= 11 is 7.09. The van der Waals surface area contributed by atoms with Gasteiger partial charge in [0.05, 0.1) is 11.2 Å². The Kier molecular flexibility index (Phi) is 5.27. The number of rotatable bonds is 4. The van der Waals surface area contributed by atoms with Crippen LogP contribution >= 0.6 is 22.9 Å². The van der Waals surface area contributed by atoms with E-state index in [1.807, 2.05) is 0 Å². The summed E-state index contributed by atoms with van der Waals surface area (Å²) in [5, 5.41) is 4.73. The molecule has 9 heteroatoms. The summed E-state index contributed by atoms with van der Waals surface area (Å²) in [7, 11) is 0. The quantitative estimate of drug-likeness (QED) is 0.519. The molecule has 152 valence electrons. The predicted molar refractivity (Wildman–Crippen MR) is 116 cm³/mol. The molecule has 0 aliphatic heterocycles. The number of nitrogens with zero attached hydrogens (tertiary/aromatic N) is 2. The molecule has 0 aliphatic rings. The van der Waals surface area contributed by atoms with Crippen LogP contribution in [0.3, 0.4) is 0 Å². The van der Waals surface area contributed by atoms with Crippen LogP contribution in [0.1, 0.15) is 5.56 Å². The average Bonchev–Trinajstić information content (AvgIpc) is 3.20. The molecule has 0 unspecified atom stereocenters. The third-order valence-electron chi connectivity index (χ3n) is 4.60. The van der Waals surface area contributed by atoms with Crippen molar-refractivity contribution in [1.82, 2.24) is 9.13 Å². The minimum Gasteiger partial charge on any atom is -0.324 e. The summed E-state index contributed by atoms with van der Waals surface area (Å²) in [5.74, 6) is -0.962. The lowest BCUT2D eigenvalue weighted by atomic mass is 10.2. The van der Waals surface area contributed by atoms with Crippen molar-refractivity contribution in [3.05, 3.63) is 91.2 Å². The molecule has 0 fully saturated rings. The van der Waals surface area contributed by atoms with Gasteiger partial charge in [0.2, 0.25) is 5.91 Å². The van der Waals surface area contributed by atoms with Crippen LogP contribution < -0.4 is 16.6 Å². The number of hydrogen-bond acceptors (Lipinski definition) is 4. The molecule has 0 bridgehead atoms. The second-order valence-corrected chi connectivity index (χ2v) is 7.99. The van der Waals surface area contributed by atoms with Gasteiger partial charge in [-0.2, -0.15) is 0 Å². The van der Waals surface area contributed by atoms with Crippen molar-refractivity contribution >= 4 is 44.7 Å². The first-order valence-corrected chi connectivity index (χ1v) is 10.2. The Labute approximate surface area is 178 Å². The van der Waals surface area contributed by atoms with E-state index >= 15 is 0 Å². The van der Waals surface area contributed by atoms with Gasteiger partial charge in [-0.05, 0) is 60.3 Å². The predicted octanol–water partition coefficient (Wildman–Crippen LogP) is 3.95. The lowest BCUT2D eigenvalue weighted by Crippen LogP contribution is -2.40. The van der Waals surface area contributed by atoms with Gasteiger partial charge >= 0.3 is 5.69 Å². The smallest absolute Gasteiger partial charge is 0.324 e. The van der Waals surface area contributed by atoms with Crippen LogP contribution in [0.25, 0.3) is 15.9 Å². The molecule has 0 aliphatic carbocycles. The van der Waals surface area contributed by atoms with E-state index in [1.54, 1.807) is 54.8 Å². The van der Waals surface area contributed by atoms with E-state index in [0.29, 0.717) is 26.5 Å². The molecule has 0 saturated heterocycles. The van der Waals surface area contributed by atoms with Crippen molar-refractivity contribution in [1.29, 1.82) is 0 Å². The number of carbonyl (C=O) groups is 1. The van der Waals surface area contributed by atoms with Crippen molar-refractivity contribution in [2.75, 3.05) is 5.32 Å². The van der Waals surface area contributed by atoms with Gasteiger partial charge in [-0.25, -0.2) is 13.8 Å². The summed E-state index contributed by atoms with van der Waals surface area (Å²) in [5.41, 5.74) is 0.330. The van der Waals surface area contributed by atoms with Crippen LogP contribution in [-0.2, 0) is 11.3 Å². The Morgan fingerprint density at radius 1 is 1.13 bits per heavy atom. The molecule has 2 heterocycles. The summed E-state index contributed by atoms with van der Waals surface area (Å²) in [4.78, 5) is 38.6. The normalized spacial score (nSPS) is 11.0. The monoisotopic (exact) mass is 443 g/mol. The molecule has 1 N–H and O–H groups in total. The van der Waals surface area contributed by atoms with Crippen LogP contribution in [-0.4, -0.2) is 15.0 Å². The molecule has 1 amide bonds. The topological polar surface area (TPSA) is 73.1 Å². The van der Waals surface area contributed by atoms with E-state index in [2.05, 4.69) is 5.32 Å². The number of fused-ring (bicyclic) bond motifs is 1. The zero-order chi connectivity index (χ0) is 21.4. The second-order valence-electron chi connectivity index (χ2n) is 6.63. The molecule has 0 radical (unpaired) electrons. The molecule has 0 atom stereocenters. The number of thiophene rings is 1. The average molecular weight is 444 g/mol. The van der Waals surface area contributed by atoms with Gasteiger partial charge in [-0.1, -0.05) is 17.7 Å². The largest absolute Gasteiger partial charge is 0.336 e. The molecular formula is C21H15ClFN3O3S. The number of amides is 1. The van der Waals surface area contributed by atoms with Crippen LogP contribution in [0, 0.1) is 12.7 Å². The molecule has 6 nitrogen and oxygen atoms in total. The maximum absolute atomic E-state index is 13.7. The van der Waals surface area contributed by atoms with Gasteiger partial charge < -0.3 is 5.32 Å². The summed E-state index contributed by atoms with van der Waals surface area (Å²) in [6.45, 7) is 1.28. The van der Waals surface area contributed by atoms with Crippen molar-refractivity contribution in [2.24, 2.45) is 0 Å². The SMILES string of the molecule is Cc1ccc(NC(=O)Cn2c(=O)n(-c3ccc(Cl)cc3)c(=O)c3sccc32)cc1F. The minimum atomic E-state index is -0.654. The lowest BCUT2D eigenvalue weighted by molar-refractivity contribution is -0.116. The number of benzene rings is 2. The van der Waals surface area contributed by atoms with Gasteiger partial charge in [-0.15, -0.1) is 11.3 Å². The zero-order valence-corrected chi connectivity index (χ0v) is 17.3. The van der Waals surface area contributed by atoms with Crippen LogP contribution in [0.5, 0.6) is 0 Å². The second kappa shape index (κ2) is 7.89. The number of nitrogens with one attached hydrogen (secondary N) is 1. The number of aromatic nitrogens is 2. The standard InChI is InChI=1S/C21H15ClFN3O3S/c1-12-2-5-14(10-16(12)23)24-18(27)11-25-17-8-9-30-19(17)20(28)26(21(25)29)15-6-3-13(22)4-7-15/h2-10H,11H2,1H3,(H,24,27). The third kappa shape index (κ3) is 3.67. The fourth-order valence-electron chi connectivity index (χ4n) is 3.07. The number of anilines is 1. The third-order valence-corrected chi connectivity index (χ3v) is 5.74. The van der Waals surface area contributed by atoms with E-state index in [-0.39, 0.29) is 12.2 Å². The van der Waals surface area contributed by atoms with E-state index in [0.717, 1.165) is 4.57 Å². The molecule has 2 aromatic carbocycles. The number of aryl methyl sites for hydroxylation is 1. The highest BCUT2D eigenvalue weighted by atomic mass is 35.5. The number of hydrogen-bond donors (Lipinski definition) is 1. The lowest BCUT2D eigenvalue weighted by Gasteiger charge is -2.13. The van der Waals surface area contributed by atoms with E-state index in [1.165, 1.54) is 22.0 Å². The fraction of sp³-hybridized carbons (Fsp3) is 0.0952. The maximum Gasteiger partial charge on any atom is 0.336 e. The number of halogens is 2. The van der Waals surface area contributed by atoms with Crippen molar-refractivity contribution in [2.45, 2.75) is 13.5 Å². The summed E-state index contributed by atoms with van der Waals surface area (Å²) in [6.07, 6.45) is 0. The van der Waals surface area contributed by atoms with E-state index in [9.17, 15) is 18.8 Å². The first-order valence-electron chi connectivity index (χ1n) is 8.90. The highest BCUT2D eigenvalue weighted by Gasteiger charge is 2.18. The summed E-state index contributed by atoms with van der Waals surface area (Å²) < 4.78 is 16.3. The molecule has 4 rings (SSSR count). The van der Waals surface area contributed by atoms with Crippen LogP contribution in [0.15, 0.2) is 63.5 Å². The van der Waals surface area contributed by atoms with E-state index < -0.39 is 23.0 Å². The van der Waals surface area contributed by atoms with Crippen LogP contribution in [0.2, 0.25) is 5.02 Å². The number of carbonyl (C=O) groups excluding carboxylic acids is 1. The van der Waals surface area contributed by atoms with Gasteiger partial charge in [0.15, 0.2) is 0 Å². The summed E-state index contributed by atoms with van der Waals surface area (Å²) in [6, 6.07) is 12.2. The fourth-order valence-corrected chi connectivity index (χ4v) is 4.02. The van der Waals surface area contributed by atoms with Crippen molar-refractivity contribution in [3.8, 4) is 5.69 Å². The van der Waals surface area contributed by atoms with Crippen molar-refractivity contribution in [3.63, 3.8) is 0 Å². The van der Waals surface area contributed by atoms with Gasteiger partial charge in [0, 0.05) is 10.7 Å².